The number of morpholine rings is 1. The SMILES string of the molecule is COc1ccc([C@@H]2C(=C(O)c3ccc(OC)c(C)c3)C(=O)C(=O)N2CCC[NH+]2CCOCC2)cc1. The summed E-state index contributed by atoms with van der Waals surface area (Å²) in [5.74, 6) is -0.0898. The number of amides is 1. The van der Waals surface area contributed by atoms with Crippen LogP contribution in [0.15, 0.2) is 48.0 Å². The van der Waals surface area contributed by atoms with Crippen LogP contribution in [-0.4, -0.2) is 75.3 Å². The van der Waals surface area contributed by atoms with Gasteiger partial charge in [0, 0.05) is 18.5 Å². The molecule has 0 radical (unpaired) electrons. The maximum Gasteiger partial charge on any atom is 0.295 e. The number of aliphatic hydroxyl groups is 1. The third-order valence-corrected chi connectivity index (χ3v) is 6.77. The number of quaternary nitrogens is 1. The van der Waals surface area contributed by atoms with Crippen LogP contribution in [0.4, 0.5) is 0 Å². The molecule has 8 heteroatoms. The molecule has 1 amide bonds. The Balaban J connectivity index is 1.69. The van der Waals surface area contributed by atoms with E-state index in [4.69, 9.17) is 14.2 Å². The van der Waals surface area contributed by atoms with E-state index in [0.717, 1.165) is 50.4 Å². The van der Waals surface area contributed by atoms with Crippen molar-refractivity contribution in [1.29, 1.82) is 0 Å². The van der Waals surface area contributed by atoms with Gasteiger partial charge in [-0.2, -0.15) is 0 Å². The Labute approximate surface area is 205 Å². The fraction of sp³-hybridized carbons (Fsp3) is 0.407. The van der Waals surface area contributed by atoms with Crippen LogP contribution in [0.25, 0.3) is 5.76 Å². The molecule has 1 atom stereocenters. The summed E-state index contributed by atoms with van der Waals surface area (Å²) in [6, 6.07) is 11.8. The van der Waals surface area contributed by atoms with Crippen molar-refractivity contribution in [1.82, 2.24) is 4.90 Å². The number of aliphatic hydroxyl groups excluding tert-OH is 1. The summed E-state index contributed by atoms with van der Waals surface area (Å²) in [6.07, 6.45) is 0.747. The normalized spacial score (nSPS) is 20.3. The number of methoxy groups -OCH3 is 2. The third-order valence-electron chi connectivity index (χ3n) is 6.77. The number of benzene rings is 2. The van der Waals surface area contributed by atoms with Gasteiger partial charge in [-0.05, 0) is 48.4 Å². The Morgan fingerprint density at radius 1 is 1.09 bits per heavy atom. The summed E-state index contributed by atoms with van der Waals surface area (Å²) >= 11 is 0. The van der Waals surface area contributed by atoms with Gasteiger partial charge in [0.25, 0.3) is 11.7 Å². The van der Waals surface area contributed by atoms with E-state index >= 15 is 0 Å². The lowest BCUT2D eigenvalue weighted by molar-refractivity contribution is -0.908. The average molecular weight is 482 g/mol. The molecule has 2 aliphatic heterocycles. The van der Waals surface area contributed by atoms with Gasteiger partial charge in [0.1, 0.15) is 30.3 Å². The van der Waals surface area contributed by atoms with Crippen molar-refractivity contribution < 1.29 is 33.8 Å². The van der Waals surface area contributed by atoms with Crippen LogP contribution in [0.1, 0.15) is 29.2 Å². The summed E-state index contributed by atoms with van der Waals surface area (Å²) in [5.41, 5.74) is 2.14. The maximum absolute atomic E-state index is 13.2. The molecule has 2 aliphatic rings. The fourth-order valence-electron chi connectivity index (χ4n) is 4.83. The van der Waals surface area contributed by atoms with Crippen LogP contribution in [0.5, 0.6) is 11.5 Å². The Kier molecular flexibility index (Phi) is 7.73. The fourth-order valence-corrected chi connectivity index (χ4v) is 4.83. The topological polar surface area (TPSA) is 89.7 Å². The molecule has 2 heterocycles. The molecule has 2 aromatic rings. The van der Waals surface area contributed by atoms with Gasteiger partial charge in [0.2, 0.25) is 0 Å². The van der Waals surface area contributed by atoms with E-state index in [1.54, 1.807) is 49.5 Å². The third kappa shape index (κ3) is 5.18. The first-order chi connectivity index (χ1) is 16.9. The number of hydrogen-bond acceptors (Lipinski definition) is 6. The quantitative estimate of drug-likeness (QED) is 0.339. The monoisotopic (exact) mass is 481 g/mol. The van der Waals surface area contributed by atoms with E-state index in [1.165, 1.54) is 4.90 Å². The van der Waals surface area contributed by atoms with Crippen molar-refractivity contribution in [2.24, 2.45) is 0 Å². The van der Waals surface area contributed by atoms with Gasteiger partial charge >= 0.3 is 0 Å². The summed E-state index contributed by atoms with van der Waals surface area (Å²) in [5, 5.41) is 11.3. The zero-order valence-corrected chi connectivity index (χ0v) is 20.5. The van der Waals surface area contributed by atoms with Gasteiger partial charge in [-0.1, -0.05) is 12.1 Å². The van der Waals surface area contributed by atoms with Gasteiger partial charge in [0.15, 0.2) is 0 Å². The van der Waals surface area contributed by atoms with E-state index in [2.05, 4.69) is 0 Å². The maximum atomic E-state index is 13.2. The summed E-state index contributed by atoms with van der Waals surface area (Å²) in [4.78, 5) is 29.4. The molecule has 8 nitrogen and oxygen atoms in total. The number of rotatable bonds is 8. The highest BCUT2D eigenvalue weighted by atomic mass is 16.5. The minimum atomic E-state index is -0.678. The molecule has 0 saturated carbocycles. The van der Waals surface area contributed by atoms with Crippen LogP contribution < -0.4 is 14.4 Å². The molecule has 0 aliphatic carbocycles. The second-order valence-electron chi connectivity index (χ2n) is 8.92. The highest BCUT2D eigenvalue weighted by Crippen LogP contribution is 2.40. The standard InChI is InChI=1S/C27H32N2O6/c1-18-17-20(7-10-22(18)34-3)25(30)23-24(19-5-8-21(33-2)9-6-19)29(27(32)26(23)31)12-4-11-28-13-15-35-16-14-28/h5-10,17,24,30H,4,11-16H2,1-3H3/p+1/t24-/m1/s1. The average Bonchev–Trinajstić information content (AvgIpc) is 3.14. The molecule has 4 rings (SSSR count). The van der Waals surface area contributed by atoms with Gasteiger partial charge < -0.3 is 29.1 Å². The summed E-state index contributed by atoms with van der Waals surface area (Å²) in [6.45, 7) is 6.54. The number of likely N-dealkylation sites (tertiary alicyclic amines) is 1. The van der Waals surface area contributed by atoms with Crippen LogP contribution >= 0.6 is 0 Å². The van der Waals surface area contributed by atoms with Crippen LogP contribution in [0.2, 0.25) is 0 Å². The second kappa shape index (κ2) is 10.9. The molecular formula is C27H33N2O6+. The van der Waals surface area contributed by atoms with Gasteiger partial charge in [-0.15, -0.1) is 0 Å². The number of carbonyl (C=O) groups is 2. The number of ether oxygens (including phenoxy) is 3. The first-order valence-corrected chi connectivity index (χ1v) is 11.9. The molecule has 0 aromatic heterocycles. The zero-order chi connectivity index (χ0) is 24.9. The highest BCUT2D eigenvalue weighted by molar-refractivity contribution is 6.46. The number of ketones is 1. The molecule has 0 bridgehead atoms. The number of nitrogens with one attached hydrogen (secondary N) is 1. The first kappa shape index (κ1) is 24.8. The van der Waals surface area contributed by atoms with Crippen molar-refractivity contribution in [3.63, 3.8) is 0 Å². The lowest BCUT2D eigenvalue weighted by Gasteiger charge is -2.27. The number of Topliss-reactive ketones (excluding diaryl/α,β-unsaturated/α-hetero) is 1. The predicted octanol–water partition coefficient (Wildman–Crippen LogP) is 1.74. The second-order valence-corrected chi connectivity index (χ2v) is 8.92. The smallest absolute Gasteiger partial charge is 0.295 e. The predicted molar refractivity (Wildman–Crippen MR) is 131 cm³/mol. The molecule has 186 valence electrons. The van der Waals surface area contributed by atoms with Crippen molar-refractivity contribution in [3.8, 4) is 11.5 Å². The van der Waals surface area contributed by atoms with Crippen LogP contribution in [0.3, 0.4) is 0 Å². The van der Waals surface area contributed by atoms with E-state index < -0.39 is 17.7 Å². The van der Waals surface area contributed by atoms with Crippen LogP contribution in [-0.2, 0) is 14.3 Å². The Bertz CT molecular complexity index is 1110. The Morgan fingerprint density at radius 3 is 2.43 bits per heavy atom. The Hall–Kier alpha value is -3.36. The minimum Gasteiger partial charge on any atom is -0.507 e. The van der Waals surface area contributed by atoms with Crippen molar-refractivity contribution in [2.75, 3.05) is 53.6 Å². The van der Waals surface area contributed by atoms with Crippen molar-refractivity contribution >= 4 is 17.4 Å². The molecule has 0 spiro atoms. The Morgan fingerprint density at radius 2 is 1.80 bits per heavy atom. The molecule has 2 saturated heterocycles. The van der Waals surface area contributed by atoms with Crippen molar-refractivity contribution in [2.45, 2.75) is 19.4 Å². The van der Waals surface area contributed by atoms with Gasteiger partial charge in [-0.25, -0.2) is 0 Å². The van der Waals surface area contributed by atoms with E-state index in [0.29, 0.717) is 23.6 Å². The molecule has 2 fully saturated rings. The molecule has 2 N–H and O–H groups in total. The van der Waals surface area contributed by atoms with Gasteiger partial charge in [-0.3, -0.25) is 9.59 Å². The largest absolute Gasteiger partial charge is 0.507 e. The van der Waals surface area contributed by atoms with E-state index in [9.17, 15) is 14.7 Å². The van der Waals surface area contributed by atoms with Crippen molar-refractivity contribution in [3.05, 3.63) is 64.7 Å². The van der Waals surface area contributed by atoms with E-state index in [1.807, 2.05) is 19.1 Å². The highest BCUT2D eigenvalue weighted by Gasteiger charge is 2.46. The minimum absolute atomic E-state index is 0.100. The molecule has 2 aromatic carbocycles. The number of nitrogens with zero attached hydrogens (tertiary/aromatic N) is 1. The summed E-state index contributed by atoms with van der Waals surface area (Å²) in [7, 11) is 3.16. The number of aryl methyl sites for hydroxylation is 1. The lowest BCUT2D eigenvalue weighted by atomic mass is 9.94. The van der Waals surface area contributed by atoms with E-state index in [-0.39, 0.29) is 11.3 Å². The van der Waals surface area contributed by atoms with Gasteiger partial charge in [0.05, 0.1) is 45.6 Å². The molecule has 0 unspecified atom stereocenters. The number of carbonyl (C=O) groups excluding carboxylic acids is 2. The van der Waals surface area contributed by atoms with Crippen LogP contribution in [0, 0.1) is 6.92 Å². The number of hydrogen-bond donors (Lipinski definition) is 2. The first-order valence-electron chi connectivity index (χ1n) is 11.9. The lowest BCUT2D eigenvalue weighted by Crippen LogP contribution is -3.14. The molecule has 35 heavy (non-hydrogen) atoms. The zero-order valence-electron chi connectivity index (χ0n) is 20.5. The molecular weight excluding hydrogens is 448 g/mol. The summed E-state index contributed by atoms with van der Waals surface area (Å²) < 4.78 is 16.0.